The van der Waals surface area contributed by atoms with Crippen LogP contribution >= 0.6 is 0 Å². The average Bonchev–Trinajstić information content (AvgIpc) is 2.32. The van der Waals surface area contributed by atoms with Gasteiger partial charge in [-0.15, -0.1) is 0 Å². The third-order valence-electron chi connectivity index (χ3n) is 3.57. The molecule has 0 N–H and O–H groups in total. The van der Waals surface area contributed by atoms with Gasteiger partial charge in [0.2, 0.25) is 0 Å². The van der Waals surface area contributed by atoms with Gasteiger partial charge in [-0.1, -0.05) is 0 Å². The molecule has 1 aromatic rings. The zero-order chi connectivity index (χ0) is 13.3. The Morgan fingerprint density at radius 3 is 2.78 bits per heavy atom. The van der Waals surface area contributed by atoms with E-state index in [0.717, 1.165) is 31.9 Å². The van der Waals surface area contributed by atoms with Crippen LogP contribution in [0.4, 0.5) is 15.8 Å². The van der Waals surface area contributed by atoms with E-state index in [2.05, 4.69) is 6.92 Å². The lowest BCUT2D eigenvalue weighted by molar-refractivity contribution is -0.385. The van der Waals surface area contributed by atoms with Crippen molar-refractivity contribution in [3.8, 4) is 0 Å². The molecule has 0 amide bonds. The number of nitro groups is 1. The van der Waals surface area contributed by atoms with E-state index in [0.29, 0.717) is 11.3 Å². The summed E-state index contributed by atoms with van der Waals surface area (Å²) in [4.78, 5) is 12.2. The molecule has 1 aromatic carbocycles. The molecule has 1 heterocycles. The molecule has 0 bridgehead atoms. The van der Waals surface area contributed by atoms with Crippen LogP contribution in [0.15, 0.2) is 12.1 Å². The highest BCUT2D eigenvalue weighted by molar-refractivity contribution is 5.57. The topological polar surface area (TPSA) is 46.4 Å². The second-order valence-corrected chi connectivity index (χ2v) is 4.89. The largest absolute Gasteiger partial charge is 0.366 e. The Bertz CT molecular complexity index is 476. The molecule has 1 saturated heterocycles. The molecule has 98 valence electrons. The molecule has 0 radical (unpaired) electrons. The van der Waals surface area contributed by atoms with Crippen molar-refractivity contribution in [3.05, 3.63) is 33.6 Å². The predicted octanol–water partition coefficient (Wildman–Crippen LogP) is 3.42. The third kappa shape index (κ3) is 2.30. The molecule has 1 fully saturated rings. The Balaban J connectivity index is 2.39. The summed E-state index contributed by atoms with van der Waals surface area (Å²) < 4.78 is 14.0. The summed E-state index contributed by atoms with van der Waals surface area (Å²) in [6.07, 6.45) is 3.24. The molecular weight excluding hydrogens is 235 g/mol. The fourth-order valence-electron chi connectivity index (χ4n) is 2.53. The molecule has 1 atom stereocenters. The maximum absolute atomic E-state index is 14.0. The van der Waals surface area contributed by atoms with Gasteiger partial charge in [0.15, 0.2) is 5.82 Å². The van der Waals surface area contributed by atoms with Gasteiger partial charge in [0.1, 0.15) is 0 Å². The van der Waals surface area contributed by atoms with Crippen molar-refractivity contribution in [3.63, 3.8) is 0 Å². The van der Waals surface area contributed by atoms with Crippen molar-refractivity contribution in [1.82, 2.24) is 0 Å². The van der Waals surface area contributed by atoms with Crippen LogP contribution in [0.2, 0.25) is 0 Å². The van der Waals surface area contributed by atoms with Crippen molar-refractivity contribution in [2.45, 2.75) is 39.2 Å². The van der Waals surface area contributed by atoms with E-state index in [1.54, 1.807) is 13.0 Å². The first-order chi connectivity index (χ1) is 8.50. The summed E-state index contributed by atoms with van der Waals surface area (Å²) in [7, 11) is 0. The van der Waals surface area contributed by atoms with Crippen LogP contribution < -0.4 is 4.90 Å². The summed E-state index contributed by atoms with van der Waals surface area (Å²) in [5, 5.41) is 10.8. The number of aryl methyl sites for hydroxylation is 1. The van der Waals surface area contributed by atoms with Gasteiger partial charge < -0.3 is 4.90 Å². The highest BCUT2D eigenvalue weighted by Gasteiger charge is 2.24. The Kier molecular flexibility index (Phi) is 3.50. The van der Waals surface area contributed by atoms with E-state index >= 15 is 0 Å². The molecule has 0 unspecified atom stereocenters. The van der Waals surface area contributed by atoms with Gasteiger partial charge in [0.05, 0.1) is 16.7 Å². The van der Waals surface area contributed by atoms with Gasteiger partial charge in [0, 0.05) is 18.2 Å². The van der Waals surface area contributed by atoms with Crippen molar-refractivity contribution >= 4 is 11.4 Å². The second kappa shape index (κ2) is 4.92. The van der Waals surface area contributed by atoms with E-state index in [1.165, 1.54) is 0 Å². The molecule has 0 aromatic heterocycles. The summed E-state index contributed by atoms with van der Waals surface area (Å²) >= 11 is 0. The Hall–Kier alpha value is -1.65. The SMILES string of the molecule is Cc1cc(N2CCCC[C@@H]2C)c(F)cc1[N+](=O)[O-]. The smallest absolute Gasteiger partial charge is 0.275 e. The van der Waals surface area contributed by atoms with Gasteiger partial charge >= 0.3 is 0 Å². The maximum atomic E-state index is 14.0. The van der Waals surface area contributed by atoms with Gasteiger partial charge in [-0.3, -0.25) is 10.1 Å². The summed E-state index contributed by atoms with van der Waals surface area (Å²) in [5.41, 5.74) is 0.848. The van der Waals surface area contributed by atoms with Gasteiger partial charge in [-0.05, 0) is 39.2 Å². The number of rotatable bonds is 2. The fourth-order valence-corrected chi connectivity index (χ4v) is 2.53. The quantitative estimate of drug-likeness (QED) is 0.598. The fraction of sp³-hybridized carbons (Fsp3) is 0.538. The van der Waals surface area contributed by atoms with Crippen LogP contribution in [-0.4, -0.2) is 17.5 Å². The third-order valence-corrected chi connectivity index (χ3v) is 3.57. The van der Waals surface area contributed by atoms with Crippen molar-refractivity contribution < 1.29 is 9.31 Å². The van der Waals surface area contributed by atoms with Gasteiger partial charge in [0.25, 0.3) is 5.69 Å². The zero-order valence-electron chi connectivity index (χ0n) is 10.6. The Morgan fingerprint density at radius 1 is 1.44 bits per heavy atom. The molecule has 4 nitrogen and oxygen atoms in total. The van der Waals surface area contributed by atoms with Crippen molar-refractivity contribution in [2.75, 3.05) is 11.4 Å². The van der Waals surface area contributed by atoms with E-state index in [4.69, 9.17) is 0 Å². The number of hydrogen-bond acceptors (Lipinski definition) is 3. The first-order valence-corrected chi connectivity index (χ1v) is 6.22. The standard InChI is InChI=1S/C13H17FN2O2/c1-9-7-13(11(14)8-12(9)16(17)18)15-6-4-3-5-10(15)2/h7-8,10H,3-6H2,1-2H3/t10-/m0/s1. The minimum Gasteiger partial charge on any atom is -0.366 e. The van der Waals surface area contributed by atoms with Crippen LogP contribution in [0, 0.1) is 22.9 Å². The predicted molar refractivity (Wildman–Crippen MR) is 68.5 cm³/mol. The monoisotopic (exact) mass is 252 g/mol. The highest BCUT2D eigenvalue weighted by atomic mass is 19.1. The lowest BCUT2D eigenvalue weighted by Crippen LogP contribution is -2.38. The number of hydrogen-bond donors (Lipinski definition) is 0. The molecule has 5 heteroatoms. The summed E-state index contributed by atoms with van der Waals surface area (Å²) in [5.74, 6) is -0.499. The van der Waals surface area contributed by atoms with Crippen LogP contribution in [0.3, 0.4) is 0 Å². The average molecular weight is 252 g/mol. The normalized spacial score (nSPS) is 19.9. The van der Waals surface area contributed by atoms with Gasteiger partial charge in [-0.2, -0.15) is 0 Å². The molecule has 0 spiro atoms. The van der Waals surface area contributed by atoms with E-state index in [1.807, 2.05) is 4.90 Å². The number of halogens is 1. The van der Waals surface area contributed by atoms with Crippen LogP contribution in [0.25, 0.3) is 0 Å². The van der Waals surface area contributed by atoms with Crippen LogP contribution in [-0.2, 0) is 0 Å². The Labute approximate surface area is 106 Å². The molecule has 0 saturated carbocycles. The number of benzene rings is 1. The van der Waals surface area contributed by atoms with Crippen molar-refractivity contribution in [1.29, 1.82) is 0 Å². The zero-order valence-corrected chi connectivity index (χ0v) is 10.6. The first-order valence-electron chi connectivity index (χ1n) is 6.22. The van der Waals surface area contributed by atoms with Crippen LogP contribution in [0.5, 0.6) is 0 Å². The maximum Gasteiger partial charge on any atom is 0.275 e. The number of anilines is 1. The number of nitrogens with zero attached hydrogens (tertiary/aromatic N) is 2. The molecule has 2 rings (SSSR count). The van der Waals surface area contributed by atoms with E-state index in [9.17, 15) is 14.5 Å². The highest BCUT2D eigenvalue weighted by Crippen LogP contribution is 2.31. The minimum absolute atomic E-state index is 0.152. The van der Waals surface area contributed by atoms with Crippen molar-refractivity contribution in [2.24, 2.45) is 0 Å². The summed E-state index contributed by atoms with van der Waals surface area (Å²) in [6.45, 7) is 4.53. The van der Waals surface area contributed by atoms with E-state index < -0.39 is 10.7 Å². The molecule has 18 heavy (non-hydrogen) atoms. The minimum atomic E-state index is -0.540. The lowest BCUT2D eigenvalue weighted by Gasteiger charge is -2.35. The molecule has 0 aliphatic carbocycles. The first kappa shape index (κ1) is 12.8. The van der Waals surface area contributed by atoms with E-state index in [-0.39, 0.29) is 11.7 Å². The lowest BCUT2D eigenvalue weighted by atomic mass is 10.0. The van der Waals surface area contributed by atoms with Gasteiger partial charge in [-0.25, -0.2) is 4.39 Å². The molecule has 1 aliphatic rings. The second-order valence-electron chi connectivity index (χ2n) is 4.89. The Morgan fingerprint density at radius 2 is 2.17 bits per heavy atom. The number of nitro benzene ring substituents is 1. The summed E-state index contributed by atoms with van der Waals surface area (Å²) in [6, 6.07) is 2.91. The number of piperidine rings is 1. The van der Waals surface area contributed by atoms with Crippen LogP contribution in [0.1, 0.15) is 31.7 Å². The molecular formula is C13H17FN2O2. The molecule has 1 aliphatic heterocycles.